The number of allylic oxidation sites excluding steroid dienone is 1. The van der Waals surface area contributed by atoms with E-state index in [1.54, 1.807) is 55.5 Å². The van der Waals surface area contributed by atoms with Gasteiger partial charge in [-0.1, -0.05) is 53.0 Å². The summed E-state index contributed by atoms with van der Waals surface area (Å²) in [6.45, 7) is 3.46. The van der Waals surface area contributed by atoms with Gasteiger partial charge in [-0.15, -0.1) is 0 Å². The molecule has 38 heavy (non-hydrogen) atoms. The fourth-order valence-electron chi connectivity index (χ4n) is 3.92. The molecule has 1 heterocycles. The number of nitrogens with one attached hydrogen (secondary N) is 1. The number of hydrogen-bond donors (Lipinski definition) is 1. The van der Waals surface area contributed by atoms with Gasteiger partial charge >= 0.3 is 5.97 Å². The van der Waals surface area contributed by atoms with Crippen LogP contribution in [-0.4, -0.2) is 31.5 Å². The molecule has 0 atom stereocenters. The van der Waals surface area contributed by atoms with Crippen LogP contribution in [0.15, 0.2) is 83.6 Å². The molecule has 0 saturated heterocycles. The predicted octanol–water partition coefficient (Wildman–Crippen LogP) is 6.20. The fourth-order valence-corrected chi connectivity index (χ4v) is 4.22. The third kappa shape index (κ3) is 5.90. The van der Waals surface area contributed by atoms with Gasteiger partial charge in [0, 0.05) is 11.4 Å². The Morgan fingerprint density at radius 1 is 0.947 bits per heavy atom. The lowest BCUT2D eigenvalue weighted by Gasteiger charge is -2.18. The molecule has 0 aliphatic carbocycles. The van der Waals surface area contributed by atoms with Gasteiger partial charge in [0.15, 0.2) is 6.61 Å². The molecule has 1 aliphatic rings. The minimum absolute atomic E-state index is 0.150. The maximum absolute atomic E-state index is 13.4. The summed E-state index contributed by atoms with van der Waals surface area (Å²) >= 11 is 12.2. The number of nitrogens with zero attached hydrogens (tertiary/aromatic N) is 1. The number of hydrogen-bond acceptors (Lipinski definition) is 5. The van der Waals surface area contributed by atoms with Crippen LogP contribution in [0.2, 0.25) is 10.0 Å². The van der Waals surface area contributed by atoms with Gasteiger partial charge in [0.05, 0.1) is 34.0 Å². The van der Waals surface area contributed by atoms with E-state index in [-0.39, 0.29) is 28.7 Å². The summed E-state index contributed by atoms with van der Waals surface area (Å²) in [5, 5.41) is 3.41. The lowest BCUT2D eigenvalue weighted by atomic mass is 10.0. The zero-order chi connectivity index (χ0) is 27.4. The number of carbonyl (C=O) groups excluding carboxylic acids is 3. The summed E-state index contributed by atoms with van der Waals surface area (Å²) in [6.07, 6.45) is 1.60. The van der Waals surface area contributed by atoms with Crippen LogP contribution in [0, 0.1) is 6.92 Å². The fraction of sp³-hybridized carbons (Fsp3) is 0.138. The van der Waals surface area contributed by atoms with E-state index in [0.717, 1.165) is 5.56 Å². The molecule has 1 N–H and O–H groups in total. The number of carbonyl (C=O) groups is 3. The number of ether oxygens (including phenoxy) is 2. The lowest BCUT2D eigenvalue weighted by Crippen LogP contribution is -2.24. The van der Waals surface area contributed by atoms with Gasteiger partial charge in [0.1, 0.15) is 5.75 Å². The summed E-state index contributed by atoms with van der Waals surface area (Å²) in [4.78, 5) is 39.6. The van der Waals surface area contributed by atoms with Gasteiger partial charge in [-0.2, -0.15) is 0 Å². The highest BCUT2D eigenvalue weighted by atomic mass is 35.5. The quantitative estimate of drug-likeness (QED) is 0.279. The highest BCUT2D eigenvalue weighted by Crippen LogP contribution is 2.37. The Bertz CT molecular complexity index is 1460. The monoisotopic (exact) mass is 550 g/mol. The Kier molecular flexibility index (Phi) is 8.20. The molecule has 0 saturated carbocycles. The molecule has 9 heteroatoms. The average molecular weight is 551 g/mol. The smallest absolute Gasteiger partial charge is 0.340 e. The first-order valence-electron chi connectivity index (χ1n) is 11.6. The molecule has 4 rings (SSSR count). The van der Waals surface area contributed by atoms with Gasteiger partial charge in [0.25, 0.3) is 11.8 Å². The van der Waals surface area contributed by atoms with Crippen LogP contribution in [0.4, 0.5) is 11.4 Å². The van der Waals surface area contributed by atoms with Crippen LogP contribution in [-0.2, 0) is 19.1 Å². The van der Waals surface area contributed by atoms with Gasteiger partial charge in [-0.25, -0.2) is 4.79 Å². The molecule has 3 aromatic carbocycles. The van der Waals surface area contributed by atoms with Gasteiger partial charge in [-0.05, 0) is 68.0 Å². The molecule has 0 radical (unpaired) electrons. The van der Waals surface area contributed by atoms with Crippen LogP contribution < -0.4 is 15.0 Å². The van der Waals surface area contributed by atoms with Crippen molar-refractivity contribution >= 4 is 58.4 Å². The van der Waals surface area contributed by atoms with Crippen molar-refractivity contribution in [2.45, 2.75) is 13.8 Å². The van der Waals surface area contributed by atoms with E-state index in [9.17, 15) is 14.4 Å². The minimum atomic E-state index is -0.635. The van der Waals surface area contributed by atoms with Crippen LogP contribution in [0.25, 0.3) is 6.08 Å². The average Bonchev–Trinajstić information content (AvgIpc) is 3.15. The second-order valence-electron chi connectivity index (χ2n) is 8.52. The second kappa shape index (κ2) is 11.5. The van der Waals surface area contributed by atoms with Crippen molar-refractivity contribution in [2.75, 3.05) is 23.9 Å². The molecular formula is C29H24Cl2N2O5. The normalized spacial score (nSPS) is 14.2. The molecule has 0 bridgehead atoms. The first kappa shape index (κ1) is 27.0. The second-order valence-corrected chi connectivity index (χ2v) is 9.34. The number of esters is 1. The van der Waals surface area contributed by atoms with Crippen LogP contribution in [0.1, 0.15) is 18.1 Å². The minimum Gasteiger partial charge on any atom is -0.484 e. The molecule has 2 amide bonds. The molecule has 0 aromatic heterocycles. The number of methoxy groups -OCH3 is 1. The van der Waals surface area contributed by atoms with Crippen molar-refractivity contribution in [1.82, 2.24) is 0 Å². The molecule has 3 aromatic rings. The first-order chi connectivity index (χ1) is 18.2. The molecule has 0 spiro atoms. The largest absolute Gasteiger partial charge is 0.484 e. The topological polar surface area (TPSA) is 84.9 Å². The Balaban J connectivity index is 1.51. The lowest BCUT2D eigenvalue weighted by molar-refractivity contribution is -0.136. The third-order valence-corrected chi connectivity index (χ3v) is 6.59. The third-order valence-electron chi connectivity index (χ3n) is 5.85. The SMILES string of the molecule is COC(=O)C1=C(C)N(c2ccc(Cl)c(Cl)c2)C(=O)/C1=C\c1ccc(OCC(=O)Nc2ccc(C)cc2)cc1. The van der Waals surface area contributed by atoms with E-state index in [2.05, 4.69) is 5.32 Å². The molecule has 0 unspecified atom stereocenters. The molecular weight excluding hydrogens is 527 g/mol. The summed E-state index contributed by atoms with van der Waals surface area (Å²) in [6, 6.07) is 19.0. The van der Waals surface area contributed by atoms with Crippen molar-refractivity contribution in [3.05, 3.63) is 105 Å². The zero-order valence-electron chi connectivity index (χ0n) is 20.9. The van der Waals surface area contributed by atoms with Crippen LogP contribution in [0.3, 0.4) is 0 Å². The molecule has 1 aliphatic heterocycles. The summed E-state index contributed by atoms with van der Waals surface area (Å²) in [7, 11) is 1.26. The Morgan fingerprint density at radius 3 is 2.26 bits per heavy atom. The number of halogens is 2. The van der Waals surface area contributed by atoms with E-state index in [0.29, 0.717) is 33.4 Å². The van der Waals surface area contributed by atoms with E-state index >= 15 is 0 Å². The molecule has 7 nitrogen and oxygen atoms in total. The van der Waals surface area contributed by atoms with E-state index in [1.807, 2.05) is 31.2 Å². The number of aryl methyl sites for hydroxylation is 1. The number of benzene rings is 3. The number of anilines is 2. The van der Waals surface area contributed by atoms with E-state index in [1.165, 1.54) is 12.0 Å². The Morgan fingerprint density at radius 2 is 1.63 bits per heavy atom. The van der Waals surface area contributed by atoms with E-state index < -0.39 is 11.9 Å². The first-order valence-corrected chi connectivity index (χ1v) is 12.3. The van der Waals surface area contributed by atoms with Gasteiger partial charge in [0.2, 0.25) is 0 Å². The summed E-state index contributed by atoms with van der Waals surface area (Å²) in [5.74, 6) is -0.859. The predicted molar refractivity (Wildman–Crippen MR) is 148 cm³/mol. The van der Waals surface area contributed by atoms with Gasteiger partial charge in [-0.3, -0.25) is 14.5 Å². The van der Waals surface area contributed by atoms with E-state index in [4.69, 9.17) is 32.7 Å². The van der Waals surface area contributed by atoms with Crippen molar-refractivity contribution in [1.29, 1.82) is 0 Å². The maximum Gasteiger partial charge on any atom is 0.340 e. The van der Waals surface area contributed by atoms with Gasteiger partial charge < -0.3 is 14.8 Å². The molecule has 194 valence electrons. The number of rotatable bonds is 7. The van der Waals surface area contributed by atoms with Crippen molar-refractivity contribution in [3.8, 4) is 5.75 Å². The van der Waals surface area contributed by atoms with Crippen molar-refractivity contribution in [3.63, 3.8) is 0 Å². The zero-order valence-corrected chi connectivity index (χ0v) is 22.4. The van der Waals surface area contributed by atoms with Crippen molar-refractivity contribution in [2.24, 2.45) is 0 Å². The summed E-state index contributed by atoms with van der Waals surface area (Å²) < 4.78 is 10.5. The van der Waals surface area contributed by atoms with Crippen LogP contribution in [0.5, 0.6) is 5.75 Å². The Labute approximate surface area is 230 Å². The maximum atomic E-state index is 13.4. The Hall–Kier alpha value is -4.07. The standard InChI is InChI=1S/C29H24Cl2N2O5/c1-17-4-8-20(9-5-17)32-26(34)16-38-22-11-6-19(7-12-22)14-23-27(29(36)37-3)18(2)33(28(23)35)21-10-13-24(30)25(31)15-21/h4-15H,16H2,1-3H3,(H,32,34)/b23-14-. The molecule has 0 fully saturated rings. The highest BCUT2D eigenvalue weighted by molar-refractivity contribution is 6.42. The summed E-state index contributed by atoms with van der Waals surface area (Å²) in [5.41, 5.74) is 3.63. The van der Waals surface area contributed by atoms with Crippen LogP contribution >= 0.6 is 23.2 Å². The number of amides is 2. The highest BCUT2D eigenvalue weighted by Gasteiger charge is 2.38. The van der Waals surface area contributed by atoms with Crippen molar-refractivity contribution < 1.29 is 23.9 Å².